The number of unbranched alkanes of at least 4 members (excludes halogenated alkanes) is 2. The monoisotopic (exact) mass is 346 g/mol. The minimum absolute atomic E-state index is 0.320. The maximum Gasteiger partial charge on any atom is 0.330 e. The number of carboxylic acid groups (broad SMARTS) is 1. The van der Waals surface area contributed by atoms with Crippen molar-refractivity contribution < 1.29 is 9.90 Å². The Bertz CT molecular complexity index is 815. The van der Waals surface area contributed by atoms with Gasteiger partial charge in [0.15, 0.2) is 0 Å². The number of hydrogen-bond donors (Lipinski definition) is 1. The van der Waals surface area contributed by atoms with Gasteiger partial charge in [-0.3, -0.25) is 0 Å². The molecule has 1 aliphatic carbocycles. The molecule has 0 unspecified atom stereocenters. The molecule has 2 aromatic carbocycles. The second-order valence-corrected chi connectivity index (χ2v) is 6.99. The highest BCUT2D eigenvalue weighted by molar-refractivity contribution is 5.85. The summed E-state index contributed by atoms with van der Waals surface area (Å²) in [5.41, 5.74) is 7.35. The number of carboxylic acids is 1. The first-order chi connectivity index (χ1) is 12.6. The molecule has 0 spiro atoms. The first kappa shape index (κ1) is 18.2. The van der Waals surface area contributed by atoms with Crippen LogP contribution in [0.4, 0.5) is 0 Å². The van der Waals surface area contributed by atoms with Gasteiger partial charge in [-0.1, -0.05) is 67.6 Å². The molecule has 2 heteroatoms. The fraction of sp³-hybridized carbons (Fsp3) is 0.292. The second-order valence-electron chi connectivity index (χ2n) is 6.99. The summed E-state index contributed by atoms with van der Waals surface area (Å²) in [4.78, 5) is 10.8. The molecule has 0 bridgehead atoms. The average Bonchev–Trinajstić information content (AvgIpc) is 2.67. The van der Waals surface area contributed by atoms with Gasteiger partial charge in [0.2, 0.25) is 0 Å². The largest absolute Gasteiger partial charge is 0.478 e. The molecule has 134 valence electrons. The summed E-state index contributed by atoms with van der Waals surface area (Å²) >= 11 is 0. The van der Waals surface area contributed by atoms with Crippen molar-refractivity contribution in [3.8, 4) is 0 Å². The van der Waals surface area contributed by atoms with Crippen molar-refractivity contribution in [3.05, 3.63) is 82.9 Å². The van der Waals surface area contributed by atoms with Crippen LogP contribution in [0, 0.1) is 0 Å². The molecule has 0 saturated carbocycles. The first-order valence-corrected chi connectivity index (χ1v) is 9.43. The zero-order valence-electron chi connectivity index (χ0n) is 15.2. The van der Waals surface area contributed by atoms with Gasteiger partial charge in [-0.25, -0.2) is 4.79 Å². The molecule has 0 fully saturated rings. The molecule has 26 heavy (non-hydrogen) atoms. The molecule has 0 amide bonds. The summed E-state index contributed by atoms with van der Waals surface area (Å²) in [6.07, 6.45) is 9.23. The lowest BCUT2D eigenvalue weighted by molar-refractivity contribution is -0.132. The molecule has 0 radical (unpaired) electrons. The lowest BCUT2D eigenvalue weighted by Gasteiger charge is -2.20. The maximum atomic E-state index is 10.8. The standard InChI is InChI=1S/C24H26O2/c1-18(24(25)26)9-4-2-7-12-20-13-8-14-22-17-21(15-16-23(20)22)19-10-5-3-6-11-19/h3,5-6,8,10-11,13-14,17H,1-2,4,7,9,12,15-16H2,(H,25,26). The predicted molar refractivity (Wildman–Crippen MR) is 108 cm³/mol. The SMILES string of the molecule is C=C(CCCCCc1cccc2c1CCC(c1ccccc1)=C2)C(=O)O. The third-order valence-corrected chi connectivity index (χ3v) is 5.16. The number of aryl methyl sites for hydroxylation is 1. The summed E-state index contributed by atoms with van der Waals surface area (Å²) in [5, 5.41) is 8.85. The third kappa shape index (κ3) is 4.51. The van der Waals surface area contributed by atoms with Crippen LogP contribution < -0.4 is 0 Å². The number of fused-ring (bicyclic) bond motifs is 1. The number of rotatable bonds is 8. The van der Waals surface area contributed by atoms with Crippen molar-refractivity contribution in [2.75, 3.05) is 0 Å². The average molecular weight is 346 g/mol. The molecule has 0 heterocycles. The van der Waals surface area contributed by atoms with Gasteiger partial charge in [0, 0.05) is 5.57 Å². The quantitative estimate of drug-likeness (QED) is 0.476. The Balaban J connectivity index is 1.61. The fourth-order valence-electron chi connectivity index (χ4n) is 3.67. The normalized spacial score (nSPS) is 13.0. The summed E-state index contributed by atoms with van der Waals surface area (Å²) in [7, 11) is 0. The molecule has 0 aromatic heterocycles. The van der Waals surface area contributed by atoms with Gasteiger partial charge in [-0.15, -0.1) is 0 Å². The van der Waals surface area contributed by atoms with Crippen LogP contribution in [0.2, 0.25) is 0 Å². The topological polar surface area (TPSA) is 37.3 Å². The second kappa shape index (κ2) is 8.66. The van der Waals surface area contributed by atoms with Crippen LogP contribution in [0.5, 0.6) is 0 Å². The Hall–Kier alpha value is -2.61. The molecular weight excluding hydrogens is 320 g/mol. The third-order valence-electron chi connectivity index (χ3n) is 5.16. The van der Waals surface area contributed by atoms with Gasteiger partial charge in [0.05, 0.1) is 0 Å². The van der Waals surface area contributed by atoms with Crippen molar-refractivity contribution in [1.29, 1.82) is 0 Å². The van der Waals surface area contributed by atoms with E-state index < -0.39 is 5.97 Å². The van der Waals surface area contributed by atoms with Gasteiger partial charge in [-0.05, 0) is 66.4 Å². The fourth-order valence-corrected chi connectivity index (χ4v) is 3.67. The van der Waals surface area contributed by atoms with Crippen molar-refractivity contribution in [1.82, 2.24) is 0 Å². The van der Waals surface area contributed by atoms with Crippen LogP contribution in [-0.4, -0.2) is 11.1 Å². The van der Waals surface area contributed by atoms with Gasteiger partial charge in [0.1, 0.15) is 0 Å². The number of allylic oxidation sites excluding steroid dienone is 1. The smallest absolute Gasteiger partial charge is 0.330 e. The summed E-state index contributed by atoms with van der Waals surface area (Å²) in [6.45, 7) is 3.59. The predicted octanol–water partition coefficient (Wildman–Crippen LogP) is 5.92. The molecule has 0 aliphatic heterocycles. The van der Waals surface area contributed by atoms with E-state index in [1.54, 1.807) is 0 Å². The van der Waals surface area contributed by atoms with Crippen molar-refractivity contribution in [2.45, 2.75) is 44.9 Å². The van der Waals surface area contributed by atoms with Crippen LogP contribution in [0.1, 0.15) is 54.4 Å². The van der Waals surface area contributed by atoms with Gasteiger partial charge in [-0.2, -0.15) is 0 Å². The van der Waals surface area contributed by atoms with E-state index in [0.29, 0.717) is 12.0 Å². The molecule has 2 aromatic rings. The van der Waals surface area contributed by atoms with E-state index in [4.69, 9.17) is 5.11 Å². The maximum absolute atomic E-state index is 10.8. The Morgan fingerprint density at radius 2 is 1.77 bits per heavy atom. The number of aliphatic carboxylic acids is 1. The highest BCUT2D eigenvalue weighted by atomic mass is 16.4. The Morgan fingerprint density at radius 3 is 2.54 bits per heavy atom. The van der Waals surface area contributed by atoms with Crippen LogP contribution in [-0.2, 0) is 17.6 Å². The van der Waals surface area contributed by atoms with E-state index in [-0.39, 0.29) is 0 Å². The van der Waals surface area contributed by atoms with Gasteiger partial charge < -0.3 is 5.11 Å². The summed E-state index contributed by atoms with van der Waals surface area (Å²) in [6, 6.07) is 17.3. The first-order valence-electron chi connectivity index (χ1n) is 9.43. The molecule has 2 nitrogen and oxygen atoms in total. The molecule has 1 N–H and O–H groups in total. The van der Waals surface area contributed by atoms with E-state index in [0.717, 1.165) is 38.5 Å². The van der Waals surface area contributed by atoms with Crippen LogP contribution in [0.25, 0.3) is 11.6 Å². The van der Waals surface area contributed by atoms with Gasteiger partial charge in [0.25, 0.3) is 0 Å². The van der Waals surface area contributed by atoms with E-state index in [2.05, 4.69) is 61.2 Å². The molecule has 3 rings (SSSR count). The minimum Gasteiger partial charge on any atom is -0.478 e. The van der Waals surface area contributed by atoms with Crippen LogP contribution >= 0.6 is 0 Å². The molecule has 0 atom stereocenters. The molecule has 0 saturated heterocycles. The number of carbonyl (C=O) groups is 1. The van der Waals surface area contributed by atoms with Crippen LogP contribution in [0.3, 0.4) is 0 Å². The van der Waals surface area contributed by atoms with E-state index in [1.165, 1.54) is 27.8 Å². The van der Waals surface area contributed by atoms with Crippen LogP contribution in [0.15, 0.2) is 60.7 Å². The van der Waals surface area contributed by atoms with Crippen molar-refractivity contribution in [3.63, 3.8) is 0 Å². The summed E-state index contributed by atoms with van der Waals surface area (Å²) < 4.78 is 0. The van der Waals surface area contributed by atoms with E-state index >= 15 is 0 Å². The Morgan fingerprint density at radius 1 is 0.962 bits per heavy atom. The lowest BCUT2D eigenvalue weighted by atomic mass is 9.85. The van der Waals surface area contributed by atoms with Crippen molar-refractivity contribution >= 4 is 17.6 Å². The molecule has 1 aliphatic rings. The van der Waals surface area contributed by atoms with Gasteiger partial charge >= 0.3 is 5.97 Å². The molecular formula is C24H26O2. The van der Waals surface area contributed by atoms with E-state index in [9.17, 15) is 4.79 Å². The zero-order chi connectivity index (χ0) is 18.4. The van der Waals surface area contributed by atoms with Crippen molar-refractivity contribution in [2.24, 2.45) is 0 Å². The Labute approximate surface area is 155 Å². The highest BCUT2D eigenvalue weighted by Crippen LogP contribution is 2.32. The number of hydrogen-bond acceptors (Lipinski definition) is 1. The lowest BCUT2D eigenvalue weighted by Crippen LogP contribution is -2.04. The van der Waals surface area contributed by atoms with E-state index in [1.807, 2.05) is 0 Å². The zero-order valence-corrected chi connectivity index (χ0v) is 15.2. The highest BCUT2D eigenvalue weighted by Gasteiger charge is 2.14. The summed E-state index contributed by atoms with van der Waals surface area (Å²) in [5.74, 6) is -0.872. The minimum atomic E-state index is -0.872. The number of benzene rings is 2. The Kier molecular flexibility index (Phi) is 6.06.